The van der Waals surface area contributed by atoms with E-state index in [0.29, 0.717) is 11.6 Å². The Morgan fingerprint density at radius 3 is 2.44 bits per heavy atom. The number of rotatable bonds is 3. The molecule has 198 valence electrons. The lowest BCUT2D eigenvalue weighted by molar-refractivity contribution is 0.0734. The highest BCUT2D eigenvalue weighted by molar-refractivity contribution is 5.97. The van der Waals surface area contributed by atoms with Crippen LogP contribution in [0, 0.1) is 5.82 Å². The van der Waals surface area contributed by atoms with E-state index < -0.39 is 0 Å². The number of hydrogen-bond donors (Lipinski definition) is 0. The van der Waals surface area contributed by atoms with Crippen LogP contribution in [0.1, 0.15) is 64.6 Å². The second-order valence-electron chi connectivity index (χ2n) is 11.8. The fourth-order valence-electron chi connectivity index (χ4n) is 7.07. The van der Waals surface area contributed by atoms with Gasteiger partial charge in [0.25, 0.3) is 5.91 Å². The molecule has 3 aromatic carbocycles. The van der Waals surface area contributed by atoms with Gasteiger partial charge in [-0.15, -0.1) is 0 Å². The molecule has 1 aliphatic carbocycles. The van der Waals surface area contributed by atoms with E-state index in [-0.39, 0.29) is 23.8 Å². The smallest absolute Gasteiger partial charge is 0.254 e. The number of aromatic nitrogens is 2. The Bertz CT molecular complexity index is 1650. The van der Waals surface area contributed by atoms with Crippen LogP contribution in [-0.2, 0) is 0 Å². The lowest BCUT2D eigenvalue weighted by Gasteiger charge is -2.34. The molecule has 8 rings (SSSR count). The minimum atomic E-state index is -0.175. The van der Waals surface area contributed by atoms with Crippen LogP contribution in [0.4, 0.5) is 10.1 Å². The van der Waals surface area contributed by atoms with E-state index in [2.05, 4.69) is 33.5 Å². The van der Waals surface area contributed by atoms with Crippen molar-refractivity contribution in [2.45, 2.75) is 37.3 Å². The van der Waals surface area contributed by atoms with Gasteiger partial charge in [0.2, 0.25) is 0 Å². The molecule has 4 heterocycles. The third kappa shape index (κ3) is 3.48. The average molecular weight is 522 g/mol. The summed E-state index contributed by atoms with van der Waals surface area (Å²) in [4.78, 5) is 24.9. The van der Waals surface area contributed by atoms with Gasteiger partial charge in [-0.25, -0.2) is 9.37 Å². The number of carbonyl (C=O) groups is 1. The standard InChI is InChI=1S/C32H32FN5O/c1-35-12-14-37(15-13-35)26-11-9-20(16-24(26)33)21-8-10-25-27(17-21)38-28-18-29(31(38)34-25)36(2)32(39)23-5-3-4-22(30(23)28)19-6-7-19/h3-5,8-11,16-17,19,28-29H,6-7,12-15,18H2,1-2H3. The highest BCUT2D eigenvalue weighted by Crippen LogP contribution is 2.52. The van der Waals surface area contributed by atoms with E-state index in [1.807, 2.05) is 48.3 Å². The second kappa shape index (κ2) is 8.39. The first kappa shape index (κ1) is 23.2. The normalized spacial score (nSPS) is 22.8. The molecule has 2 unspecified atom stereocenters. The molecule has 3 aliphatic heterocycles. The predicted octanol–water partition coefficient (Wildman–Crippen LogP) is 5.59. The SMILES string of the molecule is CN1CCN(c2ccc(-c3ccc4nc5n(c4c3)C3CC5N(C)C(=O)c4cccc(C5CC5)c43)cc2F)CC1. The number of hydrogen-bond acceptors (Lipinski definition) is 4. The van der Waals surface area contributed by atoms with Crippen LogP contribution in [0.3, 0.4) is 0 Å². The van der Waals surface area contributed by atoms with E-state index in [9.17, 15) is 4.79 Å². The zero-order chi connectivity index (χ0) is 26.4. The van der Waals surface area contributed by atoms with Crippen LogP contribution >= 0.6 is 0 Å². The number of halogens is 1. The van der Waals surface area contributed by atoms with Crippen molar-refractivity contribution in [3.8, 4) is 11.1 Å². The number of likely N-dealkylation sites (N-methyl/N-ethyl adjacent to an activating group) is 1. The molecule has 6 nitrogen and oxygen atoms in total. The van der Waals surface area contributed by atoms with Gasteiger partial charge >= 0.3 is 0 Å². The summed E-state index contributed by atoms with van der Waals surface area (Å²) in [5.74, 6) is 1.42. The van der Waals surface area contributed by atoms with Gasteiger partial charge in [0.05, 0.1) is 28.8 Å². The number of nitrogens with zero attached hydrogens (tertiary/aromatic N) is 5. The maximum Gasteiger partial charge on any atom is 0.254 e. The second-order valence-corrected chi connectivity index (χ2v) is 11.8. The van der Waals surface area contributed by atoms with Crippen LogP contribution in [0.5, 0.6) is 0 Å². The summed E-state index contributed by atoms with van der Waals surface area (Å²) in [5, 5.41) is 0. The number of imidazole rings is 1. The zero-order valence-corrected chi connectivity index (χ0v) is 22.4. The largest absolute Gasteiger partial charge is 0.367 e. The summed E-state index contributed by atoms with van der Waals surface area (Å²) in [7, 11) is 4.02. The van der Waals surface area contributed by atoms with Crippen molar-refractivity contribution in [1.82, 2.24) is 19.4 Å². The monoisotopic (exact) mass is 521 g/mol. The quantitative estimate of drug-likeness (QED) is 0.353. The van der Waals surface area contributed by atoms with E-state index in [1.54, 1.807) is 6.07 Å². The fourth-order valence-corrected chi connectivity index (χ4v) is 7.07. The van der Waals surface area contributed by atoms with Crippen molar-refractivity contribution in [3.63, 3.8) is 0 Å². The maximum atomic E-state index is 15.4. The van der Waals surface area contributed by atoms with Crippen molar-refractivity contribution in [3.05, 3.63) is 82.9 Å². The Hall–Kier alpha value is -3.71. The summed E-state index contributed by atoms with van der Waals surface area (Å²) in [6.07, 6.45) is 3.22. The summed E-state index contributed by atoms with van der Waals surface area (Å²) < 4.78 is 17.7. The van der Waals surface area contributed by atoms with Crippen molar-refractivity contribution in [2.24, 2.45) is 0 Å². The van der Waals surface area contributed by atoms with Gasteiger partial charge in [-0.1, -0.05) is 24.3 Å². The predicted molar refractivity (Wildman–Crippen MR) is 151 cm³/mol. The number of piperazine rings is 1. The molecule has 2 bridgehead atoms. The lowest BCUT2D eigenvalue weighted by atomic mass is 9.91. The highest BCUT2D eigenvalue weighted by atomic mass is 19.1. The molecule has 39 heavy (non-hydrogen) atoms. The molecule has 2 fully saturated rings. The molecule has 0 radical (unpaired) electrons. The van der Waals surface area contributed by atoms with Gasteiger partial charge in [0.1, 0.15) is 11.6 Å². The van der Waals surface area contributed by atoms with Crippen molar-refractivity contribution >= 4 is 22.6 Å². The molecule has 4 aromatic rings. The highest BCUT2D eigenvalue weighted by Gasteiger charge is 2.45. The number of anilines is 1. The molecule has 0 spiro atoms. The number of benzene rings is 3. The van der Waals surface area contributed by atoms with Crippen molar-refractivity contribution < 1.29 is 9.18 Å². The summed E-state index contributed by atoms with van der Waals surface area (Å²) in [6.45, 7) is 3.56. The minimum absolute atomic E-state index is 0.0573. The van der Waals surface area contributed by atoms with Crippen LogP contribution in [0.15, 0.2) is 54.6 Å². The minimum Gasteiger partial charge on any atom is -0.367 e. The molecule has 1 amide bonds. The van der Waals surface area contributed by atoms with Crippen molar-refractivity contribution in [2.75, 3.05) is 45.2 Å². The maximum absolute atomic E-state index is 15.4. The first-order chi connectivity index (χ1) is 19.0. The molecule has 4 aliphatic rings. The molecule has 0 N–H and O–H groups in total. The van der Waals surface area contributed by atoms with Crippen LogP contribution in [-0.4, -0.2) is 65.5 Å². The summed E-state index contributed by atoms with van der Waals surface area (Å²) in [6, 6.07) is 18.2. The van der Waals surface area contributed by atoms with Gasteiger partial charge in [0, 0.05) is 45.2 Å². The lowest BCUT2D eigenvalue weighted by Crippen LogP contribution is -2.44. The fraction of sp³-hybridized carbons (Fsp3) is 0.375. The van der Waals surface area contributed by atoms with Gasteiger partial charge in [0.15, 0.2) is 0 Å². The van der Waals surface area contributed by atoms with Gasteiger partial charge in [-0.05, 0) is 78.4 Å². The zero-order valence-electron chi connectivity index (χ0n) is 22.4. The Kier molecular flexibility index (Phi) is 4.99. The first-order valence-electron chi connectivity index (χ1n) is 14.1. The molecule has 7 heteroatoms. The van der Waals surface area contributed by atoms with Gasteiger partial charge in [-0.3, -0.25) is 4.79 Å². The third-order valence-corrected chi connectivity index (χ3v) is 9.41. The Labute approximate surface area is 227 Å². The van der Waals surface area contributed by atoms with Gasteiger partial charge < -0.3 is 19.3 Å². The Morgan fingerprint density at radius 2 is 1.67 bits per heavy atom. The summed E-state index contributed by atoms with van der Waals surface area (Å²) in [5.41, 5.74) is 7.85. The molecule has 1 aromatic heterocycles. The van der Waals surface area contributed by atoms with E-state index in [0.717, 1.165) is 66.1 Å². The topological polar surface area (TPSA) is 44.6 Å². The average Bonchev–Trinajstić information content (AvgIpc) is 3.66. The summed E-state index contributed by atoms with van der Waals surface area (Å²) >= 11 is 0. The Morgan fingerprint density at radius 1 is 0.897 bits per heavy atom. The third-order valence-electron chi connectivity index (χ3n) is 9.41. The first-order valence-corrected chi connectivity index (χ1v) is 14.1. The van der Waals surface area contributed by atoms with Crippen LogP contribution in [0.2, 0.25) is 0 Å². The molecular formula is C32H32FN5O. The number of amides is 1. The molecular weight excluding hydrogens is 489 g/mol. The molecule has 2 atom stereocenters. The van der Waals surface area contributed by atoms with Crippen molar-refractivity contribution in [1.29, 1.82) is 0 Å². The molecule has 1 saturated heterocycles. The van der Waals surface area contributed by atoms with Crippen LogP contribution < -0.4 is 4.90 Å². The van der Waals surface area contributed by atoms with E-state index >= 15 is 4.39 Å². The van der Waals surface area contributed by atoms with Gasteiger partial charge in [-0.2, -0.15) is 0 Å². The Balaban J connectivity index is 1.23. The van der Waals surface area contributed by atoms with Crippen LogP contribution in [0.25, 0.3) is 22.2 Å². The number of fused-ring (bicyclic) bond motifs is 9. The van der Waals surface area contributed by atoms with E-state index in [1.165, 1.54) is 24.0 Å². The van der Waals surface area contributed by atoms with E-state index in [4.69, 9.17) is 4.98 Å². The molecule has 1 saturated carbocycles. The number of carbonyl (C=O) groups excluding carboxylic acids is 1.